The molecule has 0 saturated heterocycles. The minimum absolute atomic E-state index is 0.241. The summed E-state index contributed by atoms with van der Waals surface area (Å²) in [4.78, 5) is 30.4. The zero-order chi connectivity index (χ0) is 14.6. The molecule has 1 rings (SSSR count). The second kappa shape index (κ2) is 5.29. The van der Waals surface area contributed by atoms with Crippen LogP contribution in [0.4, 0.5) is 5.69 Å². The summed E-state index contributed by atoms with van der Waals surface area (Å²) in [5.41, 5.74) is -2.63. The van der Waals surface area contributed by atoms with Crippen LogP contribution in [0.15, 0.2) is 30.3 Å². The molecule has 0 bridgehead atoms. The monoisotopic (exact) mass is 269 g/mol. The lowest BCUT2D eigenvalue weighted by molar-refractivity contribution is -0.791. The Morgan fingerprint density at radius 3 is 2.11 bits per heavy atom. The number of aliphatic carboxylic acids is 1. The topological polar surface area (TPSA) is 136 Å². The van der Waals surface area contributed by atoms with Crippen LogP contribution < -0.4 is 5.32 Å². The maximum atomic E-state index is 11.1. The SMILES string of the molecule is CC(C(Nc1ccccc1)C(=O)O)([N+](=O)[O-])[N+](=O)[O-]. The van der Waals surface area contributed by atoms with Gasteiger partial charge >= 0.3 is 11.6 Å². The van der Waals surface area contributed by atoms with Crippen molar-refractivity contribution in [3.63, 3.8) is 0 Å². The molecule has 19 heavy (non-hydrogen) atoms. The molecule has 0 radical (unpaired) electrons. The number of carboxylic acids is 1. The molecular formula is C10H11N3O6. The van der Waals surface area contributed by atoms with Gasteiger partial charge in [-0.1, -0.05) is 18.2 Å². The van der Waals surface area contributed by atoms with Crippen molar-refractivity contribution < 1.29 is 19.7 Å². The maximum Gasteiger partial charge on any atom is 0.485 e. The van der Waals surface area contributed by atoms with Crippen molar-refractivity contribution in [2.45, 2.75) is 18.6 Å². The van der Waals surface area contributed by atoms with E-state index in [1.165, 1.54) is 12.1 Å². The minimum Gasteiger partial charge on any atom is -0.479 e. The Kier molecular flexibility index (Phi) is 4.00. The number of hydrogen-bond acceptors (Lipinski definition) is 6. The van der Waals surface area contributed by atoms with E-state index in [0.717, 1.165) is 0 Å². The molecule has 102 valence electrons. The molecule has 0 fully saturated rings. The van der Waals surface area contributed by atoms with Crippen LogP contribution in [-0.2, 0) is 4.79 Å². The molecule has 0 aliphatic heterocycles. The molecule has 1 atom stereocenters. The lowest BCUT2D eigenvalue weighted by Gasteiger charge is -2.21. The number of anilines is 1. The largest absolute Gasteiger partial charge is 0.485 e. The highest BCUT2D eigenvalue weighted by Gasteiger charge is 2.62. The third kappa shape index (κ3) is 2.76. The van der Waals surface area contributed by atoms with Gasteiger partial charge in [0.05, 0.1) is 6.92 Å². The van der Waals surface area contributed by atoms with Crippen LogP contribution in [0, 0.1) is 20.2 Å². The third-order valence-corrected chi connectivity index (χ3v) is 2.62. The predicted molar refractivity (Wildman–Crippen MR) is 63.9 cm³/mol. The van der Waals surface area contributed by atoms with E-state index in [9.17, 15) is 25.0 Å². The summed E-state index contributed by atoms with van der Waals surface area (Å²) in [6.07, 6.45) is 0. The van der Waals surface area contributed by atoms with Crippen molar-refractivity contribution in [2.24, 2.45) is 0 Å². The standard InChI is InChI=1S/C10H11N3O6/c1-10(12(16)17,13(18)19)8(9(14)15)11-7-5-3-2-4-6-7/h2-6,8,11H,1H3,(H,14,15). The molecule has 0 aliphatic rings. The van der Waals surface area contributed by atoms with Crippen molar-refractivity contribution >= 4 is 11.7 Å². The zero-order valence-corrected chi connectivity index (χ0v) is 9.85. The molecule has 0 saturated carbocycles. The molecule has 1 unspecified atom stereocenters. The summed E-state index contributed by atoms with van der Waals surface area (Å²) in [6, 6.07) is 5.70. The molecule has 1 aromatic rings. The number of nitro groups is 2. The van der Waals surface area contributed by atoms with Gasteiger partial charge in [0, 0.05) is 5.69 Å². The van der Waals surface area contributed by atoms with E-state index in [1.807, 2.05) is 0 Å². The molecule has 0 spiro atoms. The van der Waals surface area contributed by atoms with Crippen molar-refractivity contribution in [2.75, 3.05) is 5.32 Å². The molecule has 0 aromatic heterocycles. The van der Waals surface area contributed by atoms with Crippen molar-refractivity contribution in [1.82, 2.24) is 0 Å². The highest BCUT2D eigenvalue weighted by molar-refractivity contribution is 5.78. The average molecular weight is 269 g/mol. The number of nitrogens with one attached hydrogen (secondary N) is 1. The first kappa shape index (κ1) is 14.4. The number of carbonyl (C=O) groups is 1. The van der Waals surface area contributed by atoms with Gasteiger partial charge in [0.25, 0.3) is 6.04 Å². The maximum absolute atomic E-state index is 11.1. The minimum atomic E-state index is -2.87. The second-order valence-corrected chi connectivity index (χ2v) is 3.89. The van der Waals surface area contributed by atoms with Crippen LogP contribution in [0.25, 0.3) is 0 Å². The smallest absolute Gasteiger partial charge is 0.479 e. The first-order valence-electron chi connectivity index (χ1n) is 5.13. The van der Waals surface area contributed by atoms with Gasteiger partial charge in [-0.15, -0.1) is 0 Å². The summed E-state index contributed by atoms with van der Waals surface area (Å²) in [6.45, 7) is 0.654. The number of hydrogen-bond donors (Lipinski definition) is 2. The molecule has 1 aromatic carbocycles. The van der Waals surface area contributed by atoms with Gasteiger partial charge in [0.15, 0.2) is 0 Å². The van der Waals surface area contributed by atoms with Gasteiger partial charge < -0.3 is 10.4 Å². The molecular weight excluding hydrogens is 258 g/mol. The molecule has 0 heterocycles. The fourth-order valence-corrected chi connectivity index (χ4v) is 1.41. The van der Waals surface area contributed by atoms with Crippen LogP contribution >= 0.6 is 0 Å². The molecule has 9 heteroatoms. The highest BCUT2D eigenvalue weighted by Crippen LogP contribution is 2.20. The Balaban J connectivity index is 3.17. The first-order chi connectivity index (χ1) is 8.80. The van der Waals surface area contributed by atoms with Crippen LogP contribution in [0.2, 0.25) is 0 Å². The Morgan fingerprint density at radius 1 is 1.26 bits per heavy atom. The van der Waals surface area contributed by atoms with Crippen molar-refractivity contribution in [3.8, 4) is 0 Å². The van der Waals surface area contributed by atoms with Crippen molar-refractivity contribution in [3.05, 3.63) is 50.6 Å². The van der Waals surface area contributed by atoms with E-state index in [0.29, 0.717) is 6.92 Å². The van der Waals surface area contributed by atoms with Crippen molar-refractivity contribution in [1.29, 1.82) is 0 Å². The lowest BCUT2D eigenvalue weighted by atomic mass is 10.0. The summed E-state index contributed by atoms with van der Waals surface area (Å²) in [5.74, 6) is -1.68. The van der Waals surface area contributed by atoms with E-state index in [1.54, 1.807) is 18.2 Å². The summed E-state index contributed by atoms with van der Waals surface area (Å²) in [7, 11) is 0. The summed E-state index contributed by atoms with van der Waals surface area (Å²) >= 11 is 0. The van der Waals surface area contributed by atoms with Gasteiger partial charge in [0.2, 0.25) is 0 Å². The van der Waals surface area contributed by atoms with E-state index in [2.05, 4.69) is 5.32 Å². The third-order valence-electron chi connectivity index (χ3n) is 2.62. The lowest BCUT2D eigenvalue weighted by Crippen LogP contribution is -2.59. The Bertz CT molecular complexity index is 489. The van der Waals surface area contributed by atoms with Gasteiger partial charge in [-0.3, -0.25) is 20.2 Å². The number of carboxylic acid groups (broad SMARTS) is 1. The fraction of sp³-hybridized carbons (Fsp3) is 0.300. The number of para-hydroxylation sites is 1. The Morgan fingerprint density at radius 2 is 1.74 bits per heavy atom. The zero-order valence-electron chi connectivity index (χ0n) is 9.85. The fourth-order valence-electron chi connectivity index (χ4n) is 1.41. The first-order valence-corrected chi connectivity index (χ1v) is 5.13. The number of rotatable bonds is 6. The van der Waals surface area contributed by atoms with Gasteiger partial charge in [0.1, 0.15) is 9.85 Å². The highest BCUT2D eigenvalue weighted by atomic mass is 16.7. The van der Waals surface area contributed by atoms with Crippen LogP contribution in [0.5, 0.6) is 0 Å². The van der Waals surface area contributed by atoms with Gasteiger partial charge in [-0.05, 0) is 12.1 Å². The Hall–Kier alpha value is -2.71. The van der Waals surface area contributed by atoms with Crippen LogP contribution in [0.1, 0.15) is 6.92 Å². The molecule has 0 amide bonds. The average Bonchev–Trinajstić information content (AvgIpc) is 2.35. The molecule has 0 aliphatic carbocycles. The predicted octanol–water partition coefficient (Wildman–Crippen LogP) is 0.821. The van der Waals surface area contributed by atoms with Gasteiger partial charge in [-0.2, -0.15) is 0 Å². The van der Waals surface area contributed by atoms with E-state index >= 15 is 0 Å². The molecule has 9 nitrogen and oxygen atoms in total. The van der Waals surface area contributed by atoms with E-state index in [-0.39, 0.29) is 5.69 Å². The molecule has 2 N–H and O–H groups in total. The summed E-state index contributed by atoms with van der Waals surface area (Å²) in [5, 5.41) is 33.0. The van der Waals surface area contributed by atoms with Crippen LogP contribution in [0.3, 0.4) is 0 Å². The van der Waals surface area contributed by atoms with E-state index < -0.39 is 27.5 Å². The quantitative estimate of drug-likeness (QED) is 0.443. The Labute approximate surface area is 107 Å². The normalized spacial score (nSPS) is 12.5. The van der Waals surface area contributed by atoms with Gasteiger partial charge in [-0.25, -0.2) is 4.79 Å². The summed E-state index contributed by atoms with van der Waals surface area (Å²) < 4.78 is 0. The second-order valence-electron chi connectivity index (χ2n) is 3.89. The number of nitrogens with zero attached hydrogens (tertiary/aromatic N) is 2. The van der Waals surface area contributed by atoms with Crippen LogP contribution in [-0.4, -0.2) is 32.6 Å². The van der Waals surface area contributed by atoms with E-state index in [4.69, 9.17) is 5.11 Å². The number of benzene rings is 1.